The van der Waals surface area contributed by atoms with Crippen molar-refractivity contribution in [2.45, 2.75) is 58.0 Å². The average molecular weight is 288 g/mol. The van der Waals surface area contributed by atoms with E-state index in [1.165, 1.54) is 6.42 Å². The van der Waals surface area contributed by atoms with E-state index in [-0.39, 0.29) is 18.3 Å². The molecule has 0 saturated heterocycles. The monoisotopic (exact) mass is 287 g/mol. The minimum absolute atomic E-state index is 0. The minimum Gasteiger partial charge on any atom is -0.361 e. The predicted octanol–water partition coefficient (Wildman–Crippen LogP) is 1.99. The summed E-state index contributed by atoms with van der Waals surface area (Å²) < 4.78 is 5.07. The third-order valence-electron chi connectivity index (χ3n) is 3.80. The summed E-state index contributed by atoms with van der Waals surface area (Å²) >= 11 is 0. The number of nitrogens with two attached hydrogens (primary N) is 1. The Bertz CT molecular complexity index is 420. The van der Waals surface area contributed by atoms with E-state index in [0.717, 1.165) is 42.7 Å². The van der Waals surface area contributed by atoms with Gasteiger partial charge in [0.05, 0.1) is 11.2 Å². The van der Waals surface area contributed by atoms with Crippen molar-refractivity contribution in [3.8, 4) is 0 Å². The third-order valence-corrected chi connectivity index (χ3v) is 3.80. The predicted molar refractivity (Wildman–Crippen MR) is 75.1 cm³/mol. The molecule has 0 bridgehead atoms. The van der Waals surface area contributed by atoms with Crippen LogP contribution in [0.25, 0.3) is 0 Å². The fraction of sp³-hybridized carbons (Fsp3) is 0.692. The first-order chi connectivity index (χ1) is 8.53. The maximum atomic E-state index is 12.2. The number of nitrogens with one attached hydrogen (secondary N) is 1. The summed E-state index contributed by atoms with van der Waals surface area (Å²) in [5.74, 6) is 0.699. The van der Waals surface area contributed by atoms with Crippen molar-refractivity contribution in [1.29, 1.82) is 0 Å². The lowest BCUT2D eigenvalue weighted by Crippen LogP contribution is -2.54. The molecule has 1 heterocycles. The van der Waals surface area contributed by atoms with Crippen LogP contribution in [0.2, 0.25) is 0 Å². The lowest BCUT2D eigenvalue weighted by molar-refractivity contribution is -0.127. The smallest absolute Gasteiger partial charge is 0.240 e. The molecule has 0 radical (unpaired) electrons. The van der Waals surface area contributed by atoms with Crippen LogP contribution < -0.4 is 11.1 Å². The quantitative estimate of drug-likeness (QED) is 0.891. The lowest BCUT2D eigenvalue weighted by atomic mass is 9.82. The standard InChI is InChI=1S/C13H21N3O2.ClH/c1-9-11(10(2)18-16-9)8-15-12(17)13(14)6-4-3-5-7-13;/h3-8,14H2,1-2H3,(H,15,17);1H. The van der Waals surface area contributed by atoms with Crippen LogP contribution in [0.3, 0.4) is 0 Å². The molecular weight excluding hydrogens is 266 g/mol. The number of aryl methyl sites for hydroxylation is 2. The molecule has 1 aliphatic carbocycles. The summed E-state index contributed by atoms with van der Waals surface area (Å²) in [6.45, 7) is 4.16. The number of nitrogens with zero attached hydrogens (tertiary/aromatic N) is 1. The molecule has 5 nitrogen and oxygen atoms in total. The van der Waals surface area contributed by atoms with Gasteiger partial charge in [-0.15, -0.1) is 12.4 Å². The van der Waals surface area contributed by atoms with Crippen LogP contribution in [0.5, 0.6) is 0 Å². The molecule has 1 aliphatic rings. The molecule has 0 aromatic carbocycles. The van der Waals surface area contributed by atoms with Crippen LogP contribution >= 0.6 is 12.4 Å². The van der Waals surface area contributed by atoms with Gasteiger partial charge in [-0.2, -0.15) is 0 Å². The van der Waals surface area contributed by atoms with Gasteiger partial charge in [-0.25, -0.2) is 0 Å². The summed E-state index contributed by atoms with van der Waals surface area (Å²) in [6, 6.07) is 0. The molecule has 0 aliphatic heterocycles. The van der Waals surface area contributed by atoms with Crippen LogP contribution in [0.1, 0.15) is 49.1 Å². The van der Waals surface area contributed by atoms with Gasteiger partial charge in [0.1, 0.15) is 5.76 Å². The molecular formula is C13H22ClN3O2. The molecule has 2 rings (SSSR count). The normalized spacial score (nSPS) is 17.6. The number of carbonyl (C=O) groups is 1. The molecule has 1 amide bonds. The zero-order chi connectivity index (χ0) is 13.2. The van der Waals surface area contributed by atoms with E-state index in [4.69, 9.17) is 10.3 Å². The van der Waals surface area contributed by atoms with E-state index in [1.807, 2.05) is 13.8 Å². The first-order valence-electron chi connectivity index (χ1n) is 6.52. The SMILES string of the molecule is Cc1noc(C)c1CNC(=O)C1(N)CCCCC1.Cl. The van der Waals surface area contributed by atoms with Gasteiger partial charge in [0.25, 0.3) is 0 Å². The van der Waals surface area contributed by atoms with Crippen LogP contribution in [-0.2, 0) is 11.3 Å². The summed E-state index contributed by atoms with van der Waals surface area (Å²) in [5.41, 5.74) is 7.25. The van der Waals surface area contributed by atoms with Crippen molar-refractivity contribution in [1.82, 2.24) is 10.5 Å². The molecule has 1 fully saturated rings. The van der Waals surface area contributed by atoms with Gasteiger partial charge in [0.2, 0.25) is 5.91 Å². The Hall–Kier alpha value is -1.07. The molecule has 0 spiro atoms. The fourth-order valence-corrected chi connectivity index (χ4v) is 2.51. The summed E-state index contributed by atoms with van der Waals surface area (Å²) in [7, 11) is 0. The molecule has 19 heavy (non-hydrogen) atoms. The van der Waals surface area contributed by atoms with Crippen molar-refractivity contribution >= 4 is 18.3 Å². The van der Waals surface area contributed by atoms with E-state index in [2.05, 4.69) is 10.5 Å². The first-order valence-corrected chi connectivity index (χ1v) is 6.52. The highest BCUT2D eigenvalue weighted by Crippen LogP contribution is 2.26. The van der Waals surface area contributed by atoms with Gasteiger partial charge in [0.15, 0.2) is 0 Å². The Balaban J connectivity index is 0.00000180. The summed E-state index contributed by atoms with van der Waals surface area (Å²) in [5, 5.41) is 6.78. The average Bonchev–Trinajstić information content (AvgIpc) is 2.67. The fourth-order valence-electron chi connectivity index (χ4n) is 2.51. The number of amides is 1. The van der Waals surface area contributed by atoms with Crippen molar-refractivity contribution < 1.29 is 9.32 Å². The van der Waals surface area contributed by atoms with Gasteiger partial charge in [-0.05, 0) is 26.7 Å². The number of rotatable bonds is 3. The highest BCUT2D eigenvalue weighted by molar-refractivity contribution is 5.86. The first kappa shape index (κ1) is 16.0. The zero-order valence-electron chi connectivity index (χ0n) is 11.5. The number of hydrogen-bond donors (Lipinski definition) is 2. The second kappa shape index (κ2) is 6.39. The molecule has 6 heteroatoms. The van der Waals surface area contributed by atoms with Crippen molar-refractivity contribution in [3.63, 3.8) is 0 Å². The van der Waals surface area contributed by atoms with Crippen LogP contribution in [0.4, 0.5) is 0 Å². The van der Waals surface area contributed by atoms with Gasteiger partial charge < -0.3 is 15.6 Å². The number of aromatic nitrogens is 1. The van der Waals surface area contributed by atoms with Gasteiger partial charge in [0, 0.05) is 12.1 Å². The van der Waals surface area contributed by atoms with Crippen LogP contribution in [0.15, 0.2) is 4.52 Å². The lowest BCUT2D eigenvalue weighted by Gasteiger charge is -2.31. The molecule has 0 unspecified atom stereocenters. The molecule has 0 atom stereocenters. The van der Waals surface area contributed by atoms with E-state index in [0.29, 0.717) is 6.54 Å². The Labute approximate surface area is 119 Å². The number of halogens is 1. The second-order valence-corrected chi connectivity index (χ2v) is 5.20. The Morgan fingerprint density at radius 1 is 1.37 bits per heavy atom. The third kappa shape index (κ3) is 3.48. The van der Waals surface area contributed by atoms with Crippen molar-refractivity contribution in [3.05, 3.63) is 17.0 Å². The van der Waals surface area contributed by atoms with Gasteiger partial charge in [-0.1, -0.05) is 24.4 Å². The molecule has 3 N–H and O–H groups in total. The number of hydrogen-bond acceptors (Lipinski definition) is 4. The summed E-state index contributed by atoms with van der Waals surface area (Å²) in [4.78, 5) is 12.2. The minimum atomic E-state index is -0.683. The highest BCUT2D eigenvalue weighted by atomic mass is 35.5. The van der Waals surface area contributed by atoms with Crippen LogP contribution in [-0.4, -0.2) is 16.6 Å². The Kier molecular flexibility index (Phi) is 5.38. The molecule has 1 saturated carbocycles. The van der Waals surface area contributed by atoms with E-state index in [1.54, 1.807) is 0 Å². The maximum absolute atomic E-state index is 12.2. The van der Waals surface area contributed by atoms with E-state index < -0.39 is 5.54 Å². The number of carbonyl (C=O) groups excluding carboxylic acids is 1. The van der Waals surface area contributed by atoms with Gasteiger partial charge in [-0.3, -0.25) is 4.79 Å². The van der Waals surface area contributed by atoms with E-state index in [9.17, 15) is 4.79 Å². The van der Waals surface area contributed by atoms with Crippen molar-refractivity contribution in [2.75, 3.05) is 0 Å². The summed E-state index contributed by atoms with van der Waals surface area (Å²) in [6.07, 6.45) is 4.81. The second-order valence-electron chi connectivity index (χ2n) is 5.20. The van der Waals surface area contributed by atoms with E-state index >= 15 is 0 Å². The largest absolute Gasteiger partial charge is 0.361 e. The highest BCUT2D eigenvalue weighted by Gasteiger charge is 2.35. The zero-order valence-corrected chi connectivity index (χ0v) is 12.3. The van der Waals surface area contributed by atoms with Crippen LogP contribution in [0, 0.1) is 13.8 Å². The topological polar surface area (TPSA) is 81.2 Å². The molecule has 108 valence electrons. The van der Waals surface area contributed by atoms with Gasteiger partial charge >= 0.3 is 0 Å². The molecule has 1 aromatic heterocycles. The maximum Gasteiger partial charge on any atom is 0.240 e. The molecule has 1 aromatic rings. The Morgan fingerprint density at radius 2 is 2.00 bits per heavy atom. The van der Waals surface area contributed by atoms with Crippen molar-refractivity contribution in [2.24, 2.45) is 5.73 Å². The Morgan fingerprint density at radius 3 is 2.53 bits per heavy atom.